The summed E-state index contributed by atoms with van der Waals surface area (Å²) in [5, 5.41) is 18.2. The van der Waals surface area contributed by atoms with E-state index < -0.39 is 26.8 Å². The molecule has 8 nitrogen and oxygen atoms in total. The number of sulfonamides is 1. The molecule has 2 aromatic rings. The van der Waals surface area contributed by atoms with Gasteiger partial charge in [-0.3, -0.25) is 4.79 Å². The molecule has 1 saturated heterocycles. The maximum atomic E-state index is 13.6. The lowest BCUT2D eigenvalue weighted by atomic mass is 9.92. The molecule has 3 rings (SSSR count). The monoisotopic (exact) mass is 473 g/mol. The third-order valence-electron chi connectivity index (χ3n) is 5.70. The second kappa shape index (κ2) is 9.74. The zero-order valence-corrected chi connectivity index (χ0v) is 19.2. The lowest BCUT2D eigenvalue weighted by Crippen LogP contribution is -2.65. The largest absolute Gasteiger partial charge is 0.340 e. The Balaban J connectivity index is 2.01. The van der Waals surface area contributed by atoms with Crippen LogP contribution in [-0.4, -0.2) is 47.8 Å². The van der Waals surface area contributed by atoms with E-state index in [9.17, 15) is 23.7 Å². The van der Waals surface area contributed by atoms with Crippen molar-refractivity contribution in [2.45, 2.75) is 42.1 Å². The summed E-state index contributed by atoms with van der Waals surface area (Å²) >= 11 is 6.63. The fourth-order valence-electron chi connectivity index (χ4n) is 3.70. The fourth-order valence-corrected chi connectivity index (χ4v) is 5.44. The number of rotatable bonds is 7. The van der Waals surface area contributed by atoms with Crippen molar-refractivity contribution in [3.8, 4) is 12.1 Å². The zero-order valence-electron chi connectivity index (χ0n) is 17.6. The van der Waals surface area contributed by atoms with Gasteiger partial charge in [-0.1, -0.05) is 25.1 Å². The second-order valence-electron chi connectivity index (χ2n) is 7.94. The Bertz CT molecular complexity index is 1140. The number of nitrogens with one attached hydrogen (secondary N) is 1. The topological polar surface area (TPSA) is 119 Å². The van der Waals surface area contributed by atoms with Gasteiger partial charge in [-0.25, -0.2) is 8.42 Å². The Kier molecular flexibility index (Phi) is 7.25. The molecule has 1 aromatic carbocycles. The first-order valence-corrected chi connectivity index (χ1v) is 12.1. The van der Waals surface area contributed by atoms with Crippen molar-refractivity contribution >= 4 is 27.5 Å². The highest BCUT2D eigenvalue weighted by Gasteiger charge is 2.51. The van der Waals surface area contributed by atoms with Crippen molar-refractivity contribution in [2.24, 2.45) is 5.92 Å². The summed E-state index contributed by atoms with van der Waals surface area (Å²) in [5.74, 6) is -0.251. The number of carbonyl (C=O) groups excluding carboxylic acids is 1. The van der Waals surface area contributed by atoms with Crippen molar-refractivity contribution in [1.29, 1.82) is 10.5 Å². The number of hydrogen-bond acceptors (Lipinski definition) is 5. The zero-order chi connectivity index (χ0) is 23.4. The van der Waals surface area contributed by atoms with Gasteiger partial charge in [0.15, 0.2) is 0 Å². The van der Waals surface area contributed by atoms with Crippen LogP contribution in [0.15, 0.2) is 53.6 Å². The minimum Gasteiger partial charge on any atom is -0.340 e. The molecule has 2 atom stereocenters. The molecule has 0 radical (unpaired) electrons. The van der Waals surface area contributed by atoms with Gasteiger partial charge in [0.1, 0.15) is 11.8 Å². The minimum absolute atomic E-state index is 0.0813. The maximum absolute atomic E-state index is 13.6. The molecule has 10 heteroatoms. The van der Waals surface area contributed by atoms with Crippen LogP contribution in [0.3, 0.4) is 0 Å². The van der Waals surface area contributed by atoms with Gasteiger partial charge in [-0.15, -0.1) is 11.6 Å². The number of halogens is 1. The highest BCUT2D eigenvalue weighted by atomic mass is 35.5. The molecule has 1 aliphatic rings. The molecular weight excluding hydrogens is 450 g/mol. The van der Waals surface area contributed by atoms with Gasteiger partial charge < -0.3 is 9.47 Å². The molecule has 0 bridgehead atoms. The molecule has 1 amide bonds. The summed E-state index contributed by atoms with van der Waals surface area (Å²) in [6.45, 7) is 2.79. The van der Waals surface area contributed by atoms with E-state index in [-0.39, 0.29) is 17.1 Å². The van der Waals surface area contributed by atoms with E-state index in [1.165, 1.54) is 21.6 Å². The molecule has 0 saturated carbocycles. The lowest BCUT2D eigenvalue weighted by Gasteiger charge is -2.38. The van der Waals surface area contributed by atoms with Crippen LogP contribution in [0.1, 0.15) is 25.5 Å². The number of alkyl halides is 1. The fraction of sp³-hybridized carbons (Fsp3) is 0.409. The Morgan fingerprint density at radius 1 is 1.22 bits per heavy atom. The van der Waals surface area contributed by atoms with Crippen LogP contribution >= 0.6 is 11.6 Å². The lowest BCUT2D eigenvalue weighted by molar-refractivity contribution is -0.137. The first kappa shape index (κ1) is 23.8. The minimum atomic E-state index is -4.24. The summed E-state index contributed by atoms with van der Waals surface area (Å²) in [7, 11) is -4.24. The number of carbonyl (C=O) groups is 1. The quantitative estimate of drug-likeness (QED) is 0.619. The van der Waals surface area contributed by atoms with Crippen LogP contribution in [-0.2, 0) is 21.4 Å². The molecule has 0 aliphatic carbocycles. The van der Waals surface area contributed by atoms with E-state index in [1.807, 2.05) is 12.1 Å². The van der Waals surface area contributed by atoms with Crippen molar-refractivity contribution in [3.63, 3.8) is 0 Å². The number of hydrogen-bond donors (Lipinski definition) is 1. The van der Waals surface area contributed by atoms with Gasteiger partial charge in [-0.05, 0) is 43.0 Å². The van der Waals surface area contributed by atoms with Gasteiger partial charge in [0.25, 0.3) is 5.91 Å². The Hall–Kier alpha value is -2.85. The SMILES string of the molecule is CC1CCN(C(=O)C(C#N)(NS(=O)(=O)c2ccccc2)C(Cl)Cn2cccc2C#N)CC1. The van der Waals surface area contributed by atoms with Crippen LogP contribution in [0.2, 0.25) is 0 Å². The third-order valence-corrected chi connectivity index (χ3v) is 7.65. The van der Waals surface area contributed by atoms with Gasteiger partial charge in [0, 0.05) is 25.8 Å². The van der Waals surface area contributed by atoms with Crippen LogP contribution < -0.4 is 4.72 Å². The van der Waals surface area contributed by atoms with Gasteiger partial charge >= 0.3 is 0 Å². The highest BCUT2D eigenvalue weighted by molar-refractivity contribution is 7.89. The van der Waals surface area contributed by atoms with Crippen LogP contribution in [0.4, 0.5) is 0 Å². The van der Waals surface area contributed by atoms with E-state index in [1.54, 1.807) is 36.5 Å². The molecule has 2 heterocycles. The molecule has 168 valence electrons. The summed E-state index contributed by atoms with van der Waals surface area (Å²) < 4.78 is 30.1. The van der Waals surface area contributed by atoms with E-state index in [4.69, 9.17) is 11.6 Å². The maximum Gasteiger partial charge on any atom is 0.260 e. The number of piperidine rings is 1. The first-order chi connectivity index (χ1) is 15.2. The van der Waals surface area contributed by atoms with Gasteiger partial charge in [0.05, 0.1) is 16.3 Å². The average molecular weight is 474 g/mol. The van der Waals surface area contributed by atoms with E-state index in [0.29, 0.717) is 19.0 Å². The van der Waals surface area contributed by atoms with Crippen molar-refractivity contribution in [3.05, 3.63) is 54.4 Å². The van der Waals surface area contributed by atoms with E-state index >= 15 is 0 Å². The normalized spacial score (nSPS) is 17.7. The number of nitriles is 2. The standard InChI is InChI=1S/C22H24ClN5O3S/c1-17-9-12-27(13-10-17)21(29)22(16-25,20(23)15-28-11-5-6-18(28)14-24)26-32(30,31)19-7-3-2-4-8-19/h2-8,11,17,20,26H,9-10,12-13,15H2,1H3. The smallest absolute Gasteiger partial charge is 0.260 e. The Labute approximate surface area is 193 Å². The Morgan fingerprint density at radius 2 is 1.88 bits per heavy atom. The van der Waals surface area contributed by atoms with Crippen molar-refractivity contribution < 1.29 is 13.2 Å². The molecule has 1 aliphatic heterocycles. The average Bonchev–Trinajstić information content (AvgIpc) is 3.25. The van der Waals surface area contributed by atoms with Gasteiger partial charge in [0.2, 0.25) is 15.6 Å². The number of benzene rings is 1. The van der Waals surface area contributed by atoms with E-state index in [0.717, 1.165) is 12.8 Å². The second-order valence-corrected chi connectivity index (χ2v) is 10.1. The van der Waals surface area contributed by atoms with Crippen LogP contribution in [0, 0.1) is 28.6 Å². The molecule has 1 aromatic heterocycles. The van der Waals surface area contributed by atoms with Gasteiger partial charge in [-0.2, -0.15) is 15.2 Å². The Morgan fingerprint density at radius 3 is 2.47 bits per heavy atom. The molecule has 32 heavy (non-hydrogen) atoms. The third kappa shape index (κ3) is 4.81. The number of nitrogens with zero attached hydrogens (tertiary/aromatic N) is 4. The van der Waals surface area contributed by atoms with Crippen LogP contribution in [0.25, 0.3) is 0 Å². The molecule has 1 fully saturated rings. The highest BCUT2D eigenvalue weighted by Crippen LogP contribution is 2.27. The summed E-state index contributed by atoms with van der Waals surface area (Å²) in [4.78, 5) is 15.0. The number of amides is 1. The number of aromatic nitrogens is 1. The van der Waals surface area contributed by atoms with Crippen molar-refractivity contribution in [1.82, 2.24) is 14.2 Å². The van der Waals surface area contributed by atoms with Crippen molar-refractivity contribution in [2.75, 3.05) is 13.1 Å². The molecule has 1 N–H and O–H groups in total. The number of likely N-dealkylation sites (tertiary alicyclic amines) is 1. The van der Waals surface area contributed by atoms with E-state index in [2.05, 4.69) is 11.6 Å². The first-order valence-electron chi connectivity index (χ1n) is 10.2. The summed E-state index contributed by atoms with van der Waals surface area (Å²) in [5.41, 5.74) is -1.97. The summed E-state index contributed by atoms with van der Waals surface area (Å²) in [6.07, 6.45) is 3.10. The predicted molar refractivity (Wildman–Crippen MR) is 119 cm³/mol. The van der Waals surface area contributed by atoms with Crippen LogP contribution in [0.5, 0.6) is 0 Å². The molecular formula is C22H24ClN5O3S. The molecule has 0 spiro atoms. The summed E-state index contributed by atoms with van der Waals surface area (Å²) in [6, 6.07) is 14.6. The molecule has 2 unspecified atom stereocenters. The predicted octanol–water partition coefficient (Wildman–Crippen LogP) is 2.47.